The quantitative estimate of drug-likeness (QED) is 0.647. The van der Waals surface area contributed by atoms with Gasteiger partial charge < -0.3 is 14.9 Å². The van der Waals surface area contributed by atoms with Gasteiger partial charge in [0.15, 0.2) is 5.60 Å². The minimum atomic E-state index is -1.18. The van der Waals surface area contributed by atoms with Crippen molar-refractivity contribution in [2.45, 2.75) is 39.7 Å². The summed E-state index contributed by atoms with van der Waals surface area (Å²) in [6, 6.07) is 0. The number of hydrogen-bond acceptors (Lipinski definition) is 4. The maximum absolute atomic E-state index is 11.6. The molecule has 0 saturated carbocycles. The predicted molar refractivity (Wildman–Crippen MR) is 52.7 cm³/mol. The molecule has 0 bridgehead atoms. The maximum atomic E-state index is 11.6. The molecule has 0 radical (unpaired) electrons. The molecule has 0 saturated heterocycles. The highest BCUT2D eigenvalue weighted by Gasteiger charge is 2.34. The Hall–Kier alpha value is -0.610. The molecule has 0 amide bonds. The van der Waals surface area contributed by atoms with E-state index in [1.54, 1.807) is 13.8 Å². The molecular formula is C10H20O4. The Balaban J connectivity index is 4.45. The first kappa shape index (κ1) is 13.4. The molecule has 4 heteroatoms. The SMILES string of the molecule is CCC(C)(C)C(=O)OC(C)(CO)CO. The van der Waals surface area contributed by atoms with Gasteiger partial charge in [-0.2, -0.15) is 0 Å². The van der Waals surface area contributed by atoms with Crippen molar-refractivity contribution in [2.75, 3.05) is 13.2 Å². The van der Waals surface area contributed by atoms with Crippen molar-refractivity contribution in [3.05, 3.63) is 0 Å². The number of esters is 1. The van der Waals surface area contributed by atoms with Crippen LogP contribution in [0.1, 0.15) is 34.1 Å². The highest BCUT2D eigenvalue weighted by molar-refractivity contribution is 5.76. The summed E-state index contributed by atoms with van der Waals surface area (Å²) >= 11 is 0. The van der Waals surface area contributed by atoms with Crippen molar-refractivity contribution in [1.82, 2.24) is 0 Å². The Labute approximate surface area is 84.9 Å². The van der Waals surface area contributed by atoms with Crippen LogP contribution in [0.2, 0.25) is 0 Å². The van der Waals surface area contributed by atoms with Gasteiger partial charge in [-0.15, -0.1) is 0 Å². The standard InChI is InChI=1S/C10H20O4/c1-5-9(2,3)8(13)14-10(4,6-11)7-12/h11-12H,5-7H2,1-4H3. The van der Waals surface area contributed by atoms with E-state index in [9.17, 15) is 4.79 Å². The van der Waals surface area contributed by atoms with Crippen LogP contribution in [-0.4, -0.2) is 35.0 Å². The lowest BCUT2D eigenvalue weighted by Crippen LogP contribution is -2.43. The normalized spacial score (nSPS) is 12.7. The number of ether oxygens (including phenoxy) is 1. The van der Waals surface area contributed by atoms with E-state index in [0.717, 1.165) is 0 Å². The number of carbonyl (C=O) groups excluding carboxylic acids is 1. The van der Waals surface area contributed by atoms with Crippen LogP contribution in [0.4, 0.5) is 0 Å². The predicted octanol–water partition coefficient (Wildman–Crippen LogP) is 0.709. The number of hydrogen-bond donors (Lipinski definition) is 2. The summed E-state index contributed by atoms with van der Waals surface area (Å²) in [5.41, 5.74) is -1.75. The molecule has 0 unspecified atom stereocenters. The molecule has 0 aromatic rings. The van der Waals surface area contributed by atoms with Gasteiger partial charge in [-0.25, -0.2) is 0 Å². The van der Waals surface area contributed by atoms with Gasteiger partial charge in [0.1, 0.15) is 0 Å². The summed E-state index contributed by atoms with van der Waals surface area (Å²) in [6.07, 6.45) is 0.652. The second-order valence-corrected chi connectivity index (χ2v) is 4.39. The van der Waals surface area contributed by atoms with E-state index >= 15 is 0 Å². The van der Waals surface area contributed by atoms with Crippen LogP contribution < -0.4 is 0 Å². The lowest BCUT2D eigenvalue weighted by molar-refractivity contribution is -0.177. The van der Waals surface area contributed by atoms with E-state index in [-0.39, 0.29) is 13.2 Å². The Morgan fingerprint density at radius 1 is 1.21 bits per heavy atom. The van der Waals surface area contributed by atoms with Gasteiger partial charge >= 0.3 is 5.97 Å². The van der Waals surface area contributed by atoms with Crippen molar-refractivity contribution < 1.29 is 19.7 Å². The fraction of sp³-hybridized carbons (Fsp3) is 0.900. The van der Waals surface area contributed by atoms with E-state index in [4.69, 9.17) is 14.9 Å². The molecular weight excluding hydrogens is 184 g/mol. The Bertz CT molecular complexity index is 194. The van der Waals surface area contributed by atoms with Gasteiger partial charge in [-0.05, 0) is 27.2 Å². The van der Waals surface area contributed by atoms with Crippen LogP contribution in [0.15, 0.2) is 0 Å². The van der Waals surface area contributed by atoms with Gasteiger partial charge in [0.05, 0.1) is 18.6 Å². The molecule has 0 heterocycles. The summed E-state index contributed by atoms with van der Waals surface area (Å²) in [6.45, 7) is 6.16. The highest BCUT2D eigenvalue weighted by Crippen LogP contribution is 2.24. The first-order valence-electron chi connectivity index (χ1n) is 4.76. The monoisotopic (exact) mass is 204 g/mol. The highest BCUT2D eigenvalue weighted by atomic mass is 16.6. The van der Waals surface area contributed by atoms with Gasteiger partial charge in [0.25, 0.3) is 0 Å². The summed E-state index contributed by atoms with van der Waals surface area (Å²) in [5, 5.41) is 17.9. The van der Waals surface area contributed by atoms with Crippen LogP contribution in [0.25, 0.3) is 0 Å². The Kier molecular flexibility index (Phi) is 4.55. The maximum Gasteiger partial charge on any atom is 0.312 e. The molecule has 0 spiro atoms. The van der Waals surface area contributed by atoms with Crippen LogP contribution in [0, 0.1) is 5.41 Å². The van der Waals surface area contributed by atoms with Crippen LogP contribution in [0.3, 0.4) is 0 Å². The van der Waals surface area contributed by atoms with Crippen molar-refractivity contribution in [1.29, 1.82) is 0 Å². The van der Waals surface area contributed by atoms with E-state index in [2.05, 4.69) is 0 Å². The van der Waals surface area contributed by atoms with Gasteiger partial charge in [0, 0.05) is 0 Å². The third-order valence-corrected chi connectivity index (χ3v) is 2.44. The van der Waals surface area contributed by atoms with Crippen LogP contribution in [-0.2, 0) is 9.53 Å². The first-order chi connectivity index (χ1) is 6.31. The molecule has 0 atom stereocenters. The Morgan fingerprint density at radius 2 is 1.64 bits per heavy atom. The summed E-state index contributed by atoms with van der Waals surface area (Å²) in [5.74, 6) is -0.398. The fourth-order valence-corrected chi connectivity index (χ4v) is 0.621. The zero-order valence-electron chi connectivity index (χ0n) is 9.33. The van der Waals surface area contributed by atoms with E-state index < -0.39 is 17.0 Å². The average Bonchev–Trinajstić information content (AvgIpc) is 2.17. The smallest absolute Gasteiger partial charge is 0.312 e. The third kappa shape index (κ3) is 3.27. The number of carbonyl (C=O) groups is 1. The molecule has 84 valence electrons. The van der Waals surface area contributed by atoms with Crippen molar-refractivity contribution in [2.24, 2.45) is 5.41 Å². The molecule has 14 heavy (non-hydrogen) atoms. The topological polar surface area (TPSA) is 66.8 Å². The van der Waals surface area contributed by atoms with Crippen molar-refractivity contribution in [3.8, 4) is 0 Å². The number of rotatable bonds is 5. The minimum absolute atomic E-state index is 0.380. The van der Waals surface area contributed by atoms with Crippen molar-refractivity contribution >= 4 is 5.97 Å². The fourth-order valence-electron chi connectivity index (χ4n) is 0.621. The second kappa shape index (κ2) is 4.75. The van der Waals surface area contributed by atoms with Crippen LogP contribution >= 0.6 is 0 Å². The third-order valence-electron chi connectivity index (χ3n) is 2.44. The van der Waals surface area contributed by atoms with Crippen LogP contribution in [0.5, 0.6) is 0 Å². The van der Waals surface area contributed by atoms with E-state index in [0.29, 0.717) is 6.42 Å². The van der Waals surface area contributed by atoms with Gasteiger partial charge in [0.2, 0.25) is 0 Å². The lowest BCUT2D eigenvalue weighted by Gasteiger charge is -2.30. The molecule has 0 aliphatic carbocycles. The second-order valence-electron chi connectivity index (χ2n) is 4.39. The van der Waals surface area contributed by atoms with Gasteiger partial charge in [-0.1, -0.05) is 6.92 Å². The summed E-state index contributed by atoms with van der Waals surface area (Å²) < 4.78 is 5.05. The molecule has 4 nitrogen and oxygen atoms in total. The largest absolute Gasteiger partial charge is 0.454 e. The van der Waals surface area contributed by atoms with E-state index in [1.165, 1.54) is 6.92 Å². The summed E-state index contributed by atoms with van der Waals surface area (Å²) in [7, 11) is 0. The number of aliphatic hydroxyl groups excluding tert-OH is 2. The van der Waals surface area contributed by atoms with Crippen molar-refractivity contribution in [3.63, 3.8) is 0 Å². The zero-order chi connectivity index (χ0) is 11.4. The lowest BCUT2D eigenvalue weighted by atomic mass is 9.90. The molecule has 2 N–H and O–H groups in total. The molecule has 0 aliphatic heterocycles. The minimum Gasteiger partial charge on any atom is -0.454 e. The molecule has 0 aromatic carbocycles. The molecule has 0 rings (SSSR count). The Morgan fingerprint density at radius 3 is 1.93 bits per heavy atom. The summed E-state index contributed by atoms with van der Waals surface area (Å²) in [4.78, 5) is 11.6. The molecule has 0 aliphatic rings. The molecule has 0 aromatic heterocycles. The zero-order valence-corrected chi connectivity index (χ0v) is 9.33. The first-order valence-corrected chi connectivity index (χ1v) is 4.76. The number of aliphatic hydroxyl groups is 2. The van der Waals surface area contributed by atoms with Gasteiger partial charge in [-0.3, -0.25) is 4.79 Å². The molecule has 0 fully saturated rings. The van der Waals surface area contributed by atoms with E-state index in [1.807, 2.05) is 6.92 Å². The average molecular weight is 204 g/mol.